The van der Waals surface area contributed by atoms with E-state index in [0.717, 1.165) is 31.2 Å². The maximum absolute atomic E-state index is 13.9. The first-order valence-corrected chi connectivity index (χ1v) is 21.5. The van der Waals surface area contributed by atoms with Crippen molar-refractivity contribution in [2.24, 2.45) is 5.92 Å². The fourth-order valence-corrected chi connectivity index (χ4v) is 7.93. The molecule has 3 rings (SSSR count). The largest absolute Gasteiger partial charge is 0.480 e. The zero-order valence-corrected chi connectivity index (χ0v) is 32.5. The van der Waals surface area contributed by atoms with Crippen molar-refractivity contribution in [3.05, 3.63) is 60.2 Å². The van der Waals surface area contributed by atoms with Gasteiger partial charge in [-0.15, -0.1) is 0 Å². The van der Waals surface area contributed by atoms with Gasteiger partial charge in [-0.3, -0.25) is 29.4 Å². The zero-order chi connectivity index (χ0) is 39.6. The SMILES string of the molecule is CC(C)C[C@@H](NC(=O)[C@@H](Cc1ccccc1)NC(=O)c1cnccn1)B1OCCCCCN(CCOC(=O)NC(P(=O)(O)O)[P+](O)(O)O)CCCCCO1. The van der Waals surface area contributed by atoms with Gasteiger partial charge in [0.25, 0.3) is 5.91 Å². The molecule has 1 aliphatic rings. The average molecular weight is 800 g/mol. The summed E-state index contributed by atoms with van der Waals surface area (Å²) in [6.07, 6.45) is 8.36. The van der Waals surface area contributed by atoms with Gasteiger partial charge in [0, 0.05) is 38.6 Å². The Morgan fingerprint density at radius 2 is 1.59 bits per heavy atom. The lowest BCUT2D eigenvalue weighted by atomic mass is 9.73. The summed E-state index contributed by atoms with van der Waals surface area (Å²) >= 11 is 0. The van der Waals surface area contributed by atoms with Crippen LogP contribution in [0.15, 0.2) is 48.9 Å². The molecule has 21 heteroatoms. The van der Waals surface area contributed by atoms with Crippen LogP contribution in [0.4, 0.5) is 4.79 Å². The van der Waals surface area contributed by atoms with Gasteiger partial charge in [0.2, 0.25) is 5.91 Å². The van der Waals surface area contributed by atoms with Crippen LogP contribution in [0, 0.1) is 5.92 Å². The third kappa shape index (κ3) is 17.2. The summed E-state index contributed by atoms with van der Waals surface area (Å²) in [7, 11) is -11.1. The van der Waals surface area contributed by atoms with E-state index in [9.17, 15) is 43.4 Å². The average Bonchev–Trinajstić information content (AvgIpc) is 3.11. The second kappa shape index (κ2) is 23.1. The van der Waals surface area contributed by atoms with Crippen LogP contribution >= 0.6 is 15.5 Å². The molecule has 2 heterocycles. The minimum atomic E-state index is -5.28. The summed E-state index contributed by atoms with van der Waals surface area (Å²) in [5.74, 6) is -1.19. The number of rotatable bonds is 15. The molecule has 1 fully saturated rings. The number of ether oxygens (including phenoxy) is 1. The lowest BCUT2D eigenvalue weighted by molar-refractivity contribution is -0.123. The van der Waals surface area contributed by atoms with Crippen molar-refractivity contribution in [3.63, 3.8) is 0 Å². The Bertz CT molecular complexity index is 1460. The first-order valence-electron chi connectivity index (χ1n) is 18.1. The van der Waals surface area contributed by atoms with Crippen LogP contribution in [0.5, 0.6) is 0 Å². The second-order valence-corrected chi connectivity index (χ2v) is 17.3. The van der Waals surface area contributed by atoms with Crippen LogP contribution in [0.2, 0.25) is 0 Å². The Balaban J connectivity index is 1.58. The smallest absolute Gasteiger partial charge is 0.448 e. The molecule has 3 atom stereocenters. The van der Waals surface area contributed by atoms with E-state index < -0.39 is 52.2 Å². The summed E-state index contributed by atoms with van der Waals surface area (Å²) in [5, 5.41) is 7.61. The van der Waals surface area contributed by atoms with Crippen LogP contribution in [0.25, 0.3) is 0 Å². The summed E-state index contributed by atoms with van der Waals surface area (Å²) in [5.41, 5.74) is -1.61. The number of nitrogens with one attached hydrogen (secondary N) is 3. The van der Waals surface area contributed by atoms with Gasteiger partial charge in [0.1, 0.15) is 18.3 Å². The zero-order valence-electron chi connectivity index (χ0n) is 30.7. The van der Waals surface area contributed by atoms with E-state index in [4.69, 9.17) is 14.0 Å². The normalized spacial score (nSPS) is 17.4. The van der Waals surface area contributed by atoms with Crippen molar-refractivity contribution in [2.45, 2.75) is 82.7 Å². The highest BCUT2D eigenvalue weighted by molar-refractivity contribution is 7.74. The standard InChI is InChI=1S/C33H53BN6O12P2/c1-25(2)22-29(38-30(41)27(23-26-12-6-3-7-13-26)37-31(42)28-24-35-14-15-36-28)34-51-19-10-4-8-16-40(17-9-5-11-20-52-34)18-21-50-32(43)39-33(53(44,45)46)54(47,48)49/h3,6-7,12-15,24-25,27,29,33,44-46H,4-5,8-11,16-23H2,1-2H3,(H4-,37,38,39,41,42,43,47,48,49)/p+1/t27-,29-,33?/m1/s1. The summed E-state index contributed by atoms with van der Waals surface area (Å²) in [6, 6.07) is 8.50. The lowest BCUT2D eigenvalue weighted by Gasteiger charge is -2.29. The number of hydrogen-bond donors (Lipinski definition) is 8. The summed E-state index contributed by atoms with van der Waals surface area (Å²) in [4.78, 5) is 95.6. The highest BCUT2D eigenvalue weighted by Gasteiger charge is 2.56. The van der Waals surface area contributed by atoms with Crippen molar-refractivity contribution in [1.82, 2.24) is 30.8 Å². The molecule has 1 aromatic carbocycles. The fraction of sp³-hybridized carbons (Fsp3) is 0.606. The van der Waals surface area contributed by atoms with Crippen molar-refractivity contribution in [3.8, 4) is 0 Å². The monoisotopic (exact) mass is 799 g/mol. The predicted molar refractivity (Wildman–Crippen MR) is 201 cm³/mol. The van der Waals surface area contributed by atoms with E-state index >= 15 is 0 Å². The molecule has 8 N–H and O–H groups in total. The molecule has 3 amide bonds. The van der Waals surface area contributed by atoms with Crippen molar-refractivity contribution >= 4 is 40.6 Å². The van der Waals surface area contributed by atoms with E-state index in [1.165, 1.54) is 18.6 Å². The number of amides is 3. The van der Waals surface area contributed by atoms with Gasteiger partial charge in [0.05, 0.1) is 12.1 Å². The Kier molecular flexibility index (Phi) is 19.4. The second-order valence-electron chi connectivity index (χ2n) is 13.5. The molecule has 1 aromatic heterocycles. The molecule has 0 bridgehead atoms. The Morgan fingerprint density at radius 3 is 2.15 bits per heavy atom. The van der Waals surface area contributed by atoms with Gasteiger partial charge in [-0.25, -0.2) is 9.78 Å². The van der Waals surface area contributed by atoms with Crippen molar-refractivity contribution < 1.29 is 57.5 Å². The topological polar surface area (TPSA) is 262 Å². The number of aromatic nitrogens is 2. The number of carbonyl (C=O) groups is 3. The summed E-state index contributed by atoms with van der Waals surface area (Å²) < 4.78 is 29.0. The van der Waals surface area contributed by atoms with Gasteiger partial charge < -0.3 is 34.5 Å². The molecular formula is C33H54BN6O12P2+. The molecule has 0 aliphatic carbocycles. The maximum atomic E-state index is 13.9. The molecule has 54 heavy (non-hydrogen) atoms. The highest BCUT2D eigenvalue weighted by atomic mass is 31.3. The van der Waals surface area contributed by atoms with E-state index in [0.29, 0.717) is 52.1 Å². The molecule has 1 saturated heterocycles. The number of alkyl carbamates (subject to hydrolysis) is 1. The van der Waals surface area contributed by atoms with E-state index in [1.807, 2.05) is 44.2 Å². The van der Waals surface area contributed by atoms with Crippen LogP contribution in [-0.4, -0.2) is 121 Å². The number of hydrogen-bond acceptors (Lipinski definition) is 13. The number of benzene rings is 1. The minimum absolute atomic E-state index is 0.0977. The fourth-order valence-electron chi connectivity index (χ4n) is 5.77. The quantitative estimate of drug-likeness (QED) is 0.0947. The minimum Gasteiger partial charge on any atom is -0.448 e. The summed E-state index contributed by atoms with van der Waals surface area (Å²) in [6.45, 7) is 6.40. The molecule has 0 saturated carbocycles. The van der Waals surface area contributed by atoms with E-state index in [2.05, 4.69) is 25.5 Å². The van der Waals surface area contributed by atoms with Crippen LogP contribution in [0.3, 0.4) is 0 Å². The molecule has 1 aliphatic heterocycles. The Labute approximate surface area is 316 Å². The first kappa shape index (κ1) is 45.3. The van der Waals surface area contributed by atoms with Crippen LogP contribution in [-0.2, 0) is 29.8 Å². The third-order valence-corrected chi connectivity index (χ3v) is 11.8. The molecule has 1 unspecified atom stereocenters. The number of carbonyl (C=O) groups excluding carboxylic acids is 3. The van der Waals surface area contributed by atoms with Gasteiger partial charge in [-0.2, -0.15) is 14.7 Å². The third-order valence-electron chi connectivity index (χ3n) is 8.42. The van der Waals surface area contributed by atoms with Gasteiger partial charge in [0.15, 0.2) is 0 Å². The highest BCUT2D eigenvalue weighted by Crippen LogP contribution is 2.63. The van der Waals surface area contributed by atoms with E-state index in [1.54, 1.807) is 5.32 Å². The van der Waals surface area contributed by atoms with Crippen molar-refractivity contribution in [2.75, 3.05) is 39.5 Å². The first-order chi connectivity index (χ1) is 25.6. The molecule has 300 valence electrons. The Hall–Kier alpha value is -3.09. The molecule has 0 radical (unpaired) electrons. The van der Waals surface area contributed by atoms with Crippen LogP contribution in [0.1, 0.15) is 74.8 Å². The molecule has 0 spiro atoms. The molecule has 18 nitrogen and oxygen atoms in total. The Morgan fingerprint density at radius 1 is 0.944 bits per heavy atom. The van der Waals surface area contributed by atoms with Crippen molar-refractivity contribution in [1.29, 1.82) is 0 Å². The van der Waals surface area contributed by atoms with Gasteiger partial charge in [-0.1, -0.05) is 44.2 Å². The lowest BCUT2D eigenvalue weighted by Crippen LogP contribution is -2.56. The predicted octanol–water partition coefficient (Wildman–Crippen LogP) is 1.99. The van der Waals surface area contributed by atoms with Gasteiger partial charge >= 0.3 is 34.3 Å². The van der Waals surface area contributed by atoms with Gasteiger partial charge in [-0.05, 0) is 69.5 Å². The maximum Gasteiger partial charge on any atom is 0.480 e. The number of nitrogens with zero attached hydrogens (tertiary/aromatic N) is 3. The van der Waals surface area contributed by atoms with Crippen LogP contribution < -0.4 is 16.0 Å². The molecular weight excluding hydrogens is 745 g/mol. The molecule has 2 aromatic rings. The van der Waals surface area contributed by atoms with E-state index in [-0.39, 0.29) is 30.5 Å².